The Morgan fingerprint density at radius 3 is 2.57 bits per heavy atom. The van der Waals surface area contributed by atoms with Crippen LogP contribution in [0.5, 0.6) is 0 Å². The molecule has 0 aliphatic rings. The second-order valence-corrected chi connectivity index (χ2v) is 7.33. The van der Waals surface area contributed by atoms with Gasteiger partial charge in [0.2, 0.25) is 0 Å². The van der Waals surface area contributed by atoms with Crippen LogP contribution < -0.4 is 5.32 Å². The van der Waals surface area contributed by atoms with Crippen LogP contribution in [0.25, 0.3) is 22.8 Å². The van der Waals surface area contributed by atoms with Gasteiger partial charge < -0.3 is 9.88 Å². The van der Waals surface area contributed by atoms with Gasteiger partial charge in [-0.1, -0.05) is 36.4 Å². The molecule has 4 rings (SSSR count). The number of anilines is 1. The van der Waals surface area contributed by atoms with Crippen molar-refractivity contribution in [3.8, 4) is 22.8 Å². The van der Waals surface area contributed by atoms with Crippen LogP contribution in [0.2, 0.25) is 0 Å². The number of aryl methyl sites for hydroxylation is 1. The summed E-state index contributed by atoms with van der Waals surface area (Å²) >= 11 is 0. The SMILES string of the molecule is Cc1c(-c2ccccc2)nn(C)c1C(=O)Nc1cccc(-c2nncn2C(C)C)n1. The number of nitrogens with one attached hydrogen (secondary N) is 1. The number of pyridine rings is 1. The van der Waals surface area contributed by atoms with Crippen LogP contribution in [0, 0.1) is 6.92 Å². The number of carbonyl (C=O) groups is 1. The van der Waals surface area contributed by atoms with Crippen molar-refractivity contribution in [1.82, 2.24) is 29.5 Å². The maximum atomic E-state index is 13.0. The van der Waals surface area contributed by atoms with Crippen LogP contribution in [-0.4, -0.2) is 35.4 Å². The second kappa shape index (κ2) is 7.90. The molecular formula is C22H23N7O. The summed E-state index contributed by atoms with van der Waals surface area (Å²) in [4.78, 5) is 17.6. The van der Waals surface area contributed by atoms with Crippen LogP contribution in [0.4, 0.5) is 5.82 Å². The van der Waals surface area contributed by atoms with E-state index < -0.39 is 0 Å². The third-order valence-corrected chi connectivity index (χ3v) is 4.90. The minimum atomic E-state index is -0.264. The highest BCUT2D eigenvalue weighted by Gasteiger charge is 2.21. The fraction of sp³-hybridized carbons (Fsp3) is 0.227. The number of carbonyl (C=O) groups excluding carboxylic acids is 1. The van der Waals surface area contributed by atoms with Crippen molar-refractivity contribution in [2.75, 3.05) is 5.32 Å². The third-order valence-electron chi connectivity index (χ3n) is 4.90. The second-order valence-electron chi connectivity index (χ2n) is 7.33. The first-order valence-corrected chi connectivity index (χ1v) is 9.73. The highest BCUT2D eigenvalue weighted by Crippen LogP contribution is 2.25. The van der Waals surface area contributed by atoms with Gasteiger partial charge in [0.1, 0.15) is 23.5 Å². The Morgan fingerprint density at radius 2 is 1.83 bits per heavy atom. The lowest BCUT2D eigenvalue weighted by atomic mass is 10.1. The van der Waals surface area contributed by atoms with E-state index in [1.807, 2.05) is 67.8 Å². The molecule has 152 valence electrons. The molecule has 0 saturated heterocycles. The van der Waals surface area contributed by atoms with Crippen molar-refractivity contribution in [2.45, 2.75) is 26.8 Å². The molecule has 0 bridgehead atoms. The van der Waals surface area contributed by atoms with E-state index in [2.05, 4.69) is 25.6 Å². The first-order valence-electron chi connectivity index (χ1n) is 9.73. The summed E-state index contributed by atoms with van der Waals surface area (Å²) < 4.78 is 3.54. The molecule has 3 heterocycles. The lowest BCUT2D eigenvalue weighted by Gasteiger charge is -2.11. The maximum absolute atomic E-state index is 13.0. The van der Waals surface area contributed by atoms with Crippen molar-refractivity contribution < 1.29 is 4.79 Å². The van der Waals surface area contributed by atoms with Crippen molar-refractivity contribution >= 4 is 11.7 Å². The third kappa shape index (κ3) is 3.59. The number of hydrogen-bond donors (Lipinski definition) is 1. The lowest BCUT2D eigenvalue weighted by Crippen LogP contribution is -2.18. The molecule has 1 N–H and O–H groups in total. The fourth-order valence-electron chi connectivity index (χ4n) is 3.43. The summed E-state index contributed by atoms with van der Waals surface area (Å²) in [5, 5.41) is 15.6. The topological polar surface area (TPSA) is 90.5 Å². The molecule has 0 fully saturated rings. The number of hydrogen-bond acceptors (Lipinski definition) is 5. The number of nitrogens with zero attached hydrogens (tertiary/aromatic N) is 6. The van der Waals surface area contributed by atoms with Crippen LogP contribution in [0.3, 0.4) is 0 Å². The average Bonchev–Trinajstić information content (AvgIpc) is 3.33. The number of benzene rings is 1. The predicted octanol–water partition coefficient (Wildman–Crippen LogP) is 3.88. The van der Waals surface area contributed by atoms with Crippen LogP contribution >= 0.6 is 0 Å². The van der Waals surface area contributed by atoms with E-state index in [0.717, 1.165) is 16.8 Å². The Bertz CT molecular complexity index is 1190. The fourth-order valence-corrected chi connectivity index (χ4v) is 3.43. The summed E-state index contributed by atoms with van der Waals surface area (Å²) in [6.45, 7) is 6.00. The van der Waals surface area contributed by atoms with E-state index in [1.54, 1.807) is 24.1 Å². The van der Waals surface area contributed by atoms with E-state index in [9.17, 15) is 4.79 Å². The molecule has 0 unspecified atom stereocenters. The predicted molar refractivity (Wildman–Crippen MR) is 115 cm³/mol. The molecule has 4 aromatic rings. The van der Waals surface area contributed by atoms with Crippen molar-refractivity contribution in [3.63, 3.8) is 0 Å². The number of aromatic nitrogens is 6. The van der Waals surface area contributed by atoms with Crippen LogP contribution in [-0.2, 0) is 7.05 Å². The van der Waals surface area contributed by atoms with Gasteiger partial charge in [-0.15, -0.1) is 10.2 Å². The monoisotopic (exact) mass is 401 g/mol. The number of rotatable bonds is 5. The standard InChI is InChI=1S/C22H23N7O/c1-14(2)29-13-23-26-21(29)17-11-8-12-18(24-17)25-22(30)20-15(3)19(27-28(20)4)16-9-6-5-7-10-16/h5-14H,1-4H3,(H,24,25,30). The molecule has 1 amide bonds. The van der Waals surface area contributed by atoms with Crippen molar-refractivity contribution in [3.05, 3.63) is 66.1 Å². The zero-order valence-corrected chi connectivity index (χ0v) is 17.4. The summed E-state index contributed by atoms with van der Waals surface area (Å²) in [6.07, 6.45) is 1.68. The molecule has 0 saturated carbocycles. The smallest absolute Gasteiger partial charge is 0.275 e. The molecular weight excluding hydrogens is 378 g/mol. The lowest BCUT2D eigenvalue weighted by molar-refractivity contribution is 0.101. The Labute approximate surface area is 174 Å². The van der Waals surface area contributed by atoms with Gasteiger partial charge in [-0.2, -0.15) is 5.10 Å². The van der Waals surface area contributed by atoms with Gasteiger partial charge in [0.05, 0.1) is 5.69 Å². The van der Waals surface area contributed by atoms with E-state index in [4.69, 9.17) is 0 Å². The Morgan fingerprint density at radius 1 is 1.07 bits per heavy atom. The molecule has 3 aromatic heterocycles. The van der Waals surface area contributed by atoms with Gasteiger partial charge in [0, 0.05) is 24.2 Å². The molecule has 0 aliphatic heterocycles. The molecule has 0 atom stereocenters. The Hall–Kier alpha value is -3.81. The Kier molecular flexibility index (Phi) is 5.14. The van der Waals surface area contributed by atoms with Gasteiger partial charge in [0.25, 0.3) is 5.91 Å². The first kappa shape index (κ1) is 19.5. The average molecular weight is 401 g/mol. The molecule has 8 nitrogen and oxygen atoms in total. The van der Waals surface area contributed by atoms with Gasteiger partial charge in [0.15, 0.2) is 5.82 Å². The molecule has 0 aliphatic carbocycles. The van der Waals surface area contributed by atoms with Crippen LogP contribution in [0.15, 0.2) is 54.9 Å². The van der Waals surface area contributed by atoms with Crippen molar-refractivity contribution in [2.24, 2.45) is 7.05 Å². The zero-order chi connectivity index (χ0) is 21.3. The highest BCUT2D eigenvalue weighted by atomic mass is 16.2. The molecule has 8 heteroatoms. The van der Waals surface area contributed by atoms with Gasteiger partial charge in [-0.3, -0.25) is 9.48 Å². The summed E-state index contributed by atoms with van der Waals surface area (Å²) in [5.74, 6) is 0.835. The number of amides is 1. The highest BCUT2D eigenvalue weighted by molar-refractivity contribution is 6.04. The first-order chi connectivity index (χ1) is 14.5. The molecule has 0 spiro atoms. The normalized spacial score (nSPS) is 11.1. The largest absolute Gasteiger partial charge is 0.310 e. The summed E-state index contributed by atoms with van der Waals surface area (Å²) in [7, 11) is 1.77. The summed E-state index contributed by atoms with van der Waals surface area (Å²) in [5.41, 5.74) is 3.71. The minimum absolute atomic E-state index is 0.198. The van der Waals surface area contributed by atoms with Gasteiger partial charge in [-0.05, 0) is 32.9 Å². The van der Waals surface area contributed by atoms with E-state index >= 15 is 0 Å². The van der Waals surface area contributed by atoms with Gasteiger partial charge >= 0.3 is 0 Å². The van der Waals surface area contributed by atoms with Gasteiger partial charge in [-0.25, -0.2) is 4.98 Å². The molecule has 0 radical (unpaired) electrons. The van der Waals surface area contributed by atoms with Crippen molar-refractivity contribution in [1.29, 1.82) is 0 Å². The summed E-state index contributed by atoms with van der Waals surface area (Å²) in [6, 6.07) is 15.5. The molecule has 1 aromatic carbocycles. The van der Waals surface area contributed by atoms with E-state index in [1.165, 1.54) is 0 Å². The zero-order valence-electron chi connectivity index (χ0n) is 17.4. The molecule has 30 heavy (non-hydrogen) atoms. The maximum Gasteiger partial charge on any atom is 0.275 e. The van der Waals surface area contributed by atoms with E-state index in [0.29, 0.717) is 23.0 Å². The van der Waals surface area contributed by atoms with E-state index in [-0.39, 0.29) is 11.9 Å². The minimum Gasteiger partial charge on any atom is -0.310 e. The van der Waals surface area contributed by atoms with Crippen LogP contribution in [0.1, 0.15) is 35.9 Å². The quantitative estimate of drug-likeness (QED) is 0.548. The Balaban J connectivity index is 1.63.